The van der Waals surface area contributed by atoms with Crippen molar-refractivity contribution < 1.29 is 28.6 Å². The van der Waals surface area contributed by atoms with Gasteiger partial charge in [-0.05, 0) is 122 Å². The van der Waals surface area contributed by atoms with Crippen LogP contribution in [0.3, 0.4) is 0 Å². The van der Waals surface area contributed by atoms with E-state index in [-0.39, 0.29) is 37.5 Å². The molecule has 0 aromatic heterocycles. The normalized spacial score (nSPS) is 13.0. The zero-order valence-electron chi connectivity index (χ0n) is 51.3. The van der Waals surface area contributed by atoms with E-state index in [4.69, 9.17) is 14.2 Å². The third-order valence-corrected chi connectivity index (χ3v) is 13.6. The Morgan fingerprint density at radius 1 is 0.266 bits per heavy atom. The molecule has 0 N–H and O–H groups in total. The number of rotatable bonds is 58. The summed E-state index contributed by atoms with van der Waals surface area (Å²) < 4.78 is 16.8. The Balaban J connectivity index is 4.32. The number of allylic oxidation sites excluding steroid dienone is 22. The number of carbonyl (C=O) groups excluding carboxylic acids is 3. The highest BCUT2D eigenvalue weighted by Crippen LogP contribution is 2.16. The molecule has 448 valence electrons. The van der Waals surface area contributed by atoms with Crippen molar-refractivity contribution in [2.45, 2.75) is 297 Å². The molecule has 0 radical (unpaired) electrons. The monoisotopic (exact) mass is 1090 g/mol. The molecule has 0 bridgehead atoms. The highest BCUT2D eigenvalue weighted by molar-refractivity contribution is 5.71. The number of hydrogen-bond acceptors (Lipinski definition) is 6. The molecule has 6 nitrogen and oxygen atoms in total. The summed E-state index contributed by atoms with van der Waals surface area (Å²) in [6.07, 6.45) is 93.4. The number of carbonyl (C=O) groups is 3. The molecule has 0 aliphatic heterocycles. The molecule has 1 unspecified atom stereocenters. The van der Waals surface area contributed by atoms with E-state index in [1.54, 1.807) is 0 Å². The quantitative estimate of drug-likeness (QED) is 0.0261. The zero-order valence-corrected chi connectivity index (χ0v) is 51.3. The first kappa shape index (κ1) is 74.5. The second-order valence-electron chi connectivity index (χ2n) is 21.3. The molecule has 79 heavy (non-hydrogen) atoms. The first-order valence-electron chi connectivity index (χ1n) is 32.7. The Bertz CT molecular complexity index is 1680. The molecular weight excluding hydrogens is 973 g/mol. The average molecular weight is 1090 g/mol. The van der Waals surface area contributed by atoms with Gasteiger partial charge in [-0.3, -0.25) is 14.4 Å². The van der Waals surface area contributed by atoms with Gasteiger partial charge in [0.2, 0.25) is 0 Å². The first-order valence-corrected chi connectivity index (χ1v) is 32.7. The third kappa shape index (κ3) is 64.3. The van der Waals surface area contributed by atoms with Gasteiger partial charge in [0.25, 0.3) is 0 Å². The molecule has 0 aromatic rings. The van der Waals surface area contributed by atoms with E-state index < -0.39 is 6.10 Å². The summed E-state index contributed by atoms with van der Waals surface area (Å²) in [5.74, 6) is -1.00. The van der Waals surface area contributed by atoms with Crippen LogP contribution in [0.1, 0.15) is 290 Å². The van der Waals surface area contributed by atoms with Gasteiger partial charge in [-0.15, -0.1) is 0 Å². The third-order valence-electron chi connectivity index (χ3n) is 13.6. The molecule has 0 saturated heterocycles. The lowest BCUT2D eigenvalue weighted by Crippen LogP contribution is -2.30. The topological polar surface area (TPSA) is 78.9 Å². The summed E-state index contributed by atoms with van der Waals surface area (Å²) in [5, 5.41) is 0. The molecule has 0 fully saturated rings. The molecule has 0 aliphatic rings. The van der Waals surface area contributed by atoms with Gasteiger partial charge in [0.15, 0.2) is 6.10 Å². The van der Waals surface area contributed by atoms with Gasteiger partial charge in [-0.25, -0.2) is 0 Å². The standard InChI is InChI=1S/C73H120O6/c1-4-7-10-13-16-19-22-25-27-29-31-32-33-34-35-36-37-38-39-40-42-43-45-48-51-54-57-60-63-66-72(75)78-69-70(68-77-71(74)65-62-59-56-53-50-47-24-21-18-15-12-9-6-3)79-73(76)67-64-61-58-55-52-49-46-44-41-30-28-26-23-20-17-14-11-8-5-2/h7,9-10,12,16-21,25-28,31-32,41,44,47,50,56,59,70H,4-6,8,11,13-15,22-24,29-30,33-40,42-43,45-46,48-49,51-55,57-58,60-69H2,1-3H3/b10-7-,12-9-,19-16-,20-17-,21-18-,27-25-,28-26-,32-31-,44-41-,50-47-,59-56-. The van der Waals surface area contributed by atoms with E-state index in [2.05, 4.69) is 148 Å². The fraction of sp³-hybridized carbons (Fsp3) is 0.658. The van der Waals surface area contributed by atoms with Gasteiger partial charge >= 0.3 is 17.9 Å². The molecule has 1 atom stereocenters. The van der Waals surface area contributed by atoms with Crippen LogP contribution in [0.15, 0.2) is 134 Å². The minimum absolute atomic E-state index is 0.107. The lowest BCUT2D eigenvalue weighted by molar-refractivity contribution is -0.166. The maximum atomic E-state index is 12.9. The maximum Gasteiger partial charge on any atom is 0.306 e. The Labute approximate surface area is 487 Å². The molecular formula is C73H120O6. The molecule has 0 rings (SSSR count). The van der Waals surface area contributed by atoms with Crippen molar-refractivity contribution in [1.82, 2.24) is 0 Å². The number of ether oxygens (including phenoxy) is 3. The molecule has 0 spiro atoms. The SMILES string of the molecule is CC/C=C\C/C=C\C/C=C\C/C=C\CCCCCCCCCCCCCCCCCCC(=O)OCC(COC(=O)CC/C=C\C/C=C\C/C=C\C/C=C\CC)OC(=O)CCCCCCCC/C=C\C/C=C\C/C=C\CCCCC. The molecule has 0 heterocycles. The second kappa shape index (κ2) is 66.1. The van der Waals surface area contributed by atoms with Gasteiger partial charge in [-0.1, -0.05) is 283 Å². The highest BCUT2D eigenvalue weighted by atomic mass is 16.6. The van der Waals surface area contributed by atoms with Crippen molar-refractivity contribution in [1.29, 1.82) is 0 Å². The first-order chi connectivity index (χ1) is 39.0. The fourth-order valence-corrected chi connectivity index (χ4v) is 8.81. The Hall–Kier alpha value is -4.45. The van der Waals surface area contributed by atoms with Crippen molar-refractivity contribution in [2.24, 2.45) is 0 Å². The van der Waals surface area contributed by atoms with Gasteiger partial charge in [0.05, 0.1) is 0 Å². The van der Waals surface area contributed by atoms with Gasteiger partial charge < -0.3 is 14.2 Å². The van der Waals surface area contributed by atoms with Gasteiger partial charge in [0.1, 0.15) is 13.2 Å². The molecule has 0 aliphatic carbocycles. The summed E-state index contributed by atoms with van der Waals surface area (Å²) in [5.41, 5.74) is 0. The predicted molar refractivity (Wildman–Crippen MR) is 343 cm³/mol. The summed E-state index contributed by atoms with van der Waals surface area (Å²) in [6, 6.07) is 0. The van der Waals surface area contributed by atoms with Crippen molar-refractivity contribution in [3.05, 3.63) is 134 Å². The van der Waals surface area contributed by atoms with Crippen LogP contribution in [0, 0.1) is 0 Å². The number of esters is 3. The van der Waals surface area contributed by atoms with Crippen molar-refractivity contribution >= 4 is 17.9 Å². The van der Waals surface area contributed by atoms with Gasteiger partial charge in [0, 0.05) is 19.3 Å². The van der Waals surface area contributed by atoms with E-state index in [1.807, 2.05) is 6.08 Å². The Kier molecular flexibility index (Phi) is 62.3. The molecule has 0 saturated carbocycles. The van der Waals surface area contributed by atoms with E-state index in [0.29, 0.717) is 19.3 Å². The summed E-state index contributed by atoms with van der Waals surface area (Å²) >= 11 is 0. The summed E-state index contributed by atoms with van der Waals surface area (Å²) in [6.45, 7) is 6.32. The lowest BCUT2D eigenvalue weighted by atomic mass is 10.0. The van der Waals surface area contributed by atoms with E-state index >= 15 is 0 Å². The second-order valence-corrected chi connectivity index (χ2v) is 21.3. The van der Waals surface area contributed by atoms with Crippen LogP contribution in [-0.2, 0) is 28.6 Å². The van der Waals surface area contributed by atoms with Crippen molar-refractivity contribution in [3.8, 4) is 0 Å². The minimum Gasteiger partial charge on any atom is -0.462 e. The highest BCUT2D eigenvalue weighted by Gasteiger charge is 2.19. The maximum absolute atomic E-state index is 12.9. The van der Waals surface area contributed by atoms with Crippen molar-refractivity contribution in [2.75, 3.05) is 13.2 Å². The van der Waals surface area contributed by atoms with Crippen LogP contribution in [0.2, 0.25) is 0 Å². The van der Waals surface area contributed by atoms with Crippen molar-refractivity contribution in [3.63, 3.8) is 0 Å². The number of unbranched alkanes of at least 4 members (excludes halogenated alkanes) is 25. The number of hydrogen-bond donors (Lipinski definition) is 0. The summed E-state index contributed by atoms with van der Waals surface area (Å²) in [4.78, 5) is 38.3. The molecule has 0 amide bonds. The fourth-order valence-electron chi connectivity index (χ4n) is 8.81. The van der Waals surface area contributed by atoms with Crippen LogP contribution in [0.5, 0.6) is 0 Å². The predicted octanol–water partition coefficient (Wildman–Crippen LogP) is 22.5. The van der Waals surface area contributed by atoms with E-state index in [0.717, 1.165) is 116 Å². The Morgan fingerprint density at radius 3 is 0.848 bits per heavy atom. The lowest BCUT2D eigenvalue weighted by Gasteiger charge is -2.18. The summed E-state index contributed by atoms with van der Waals surface area (Å²) in [7, 11) is 0. The van der Waals surface area contributed by atoms with E-state index in [9.17, 15) is 14.4 Å². The van der Waals surface area contributed by atoms with Crippen LogP contribution in [-0.4, -0.2) is 37.2 Å². The van der Waals surface area contributed by atoms with Crippen LogP contribution >= 0.6 is 0 Å². The molecule has 0 aromatic carbocycles. The largest absolute Gasteiger partial charge is 0.462 e. The van der Waals surface area contributed by atoms with Crippen LogP contribution < -0.4 is 0 Å². The molecule has 6 heteroatoms. The van der Waals surface area contributed by atoms with Crippen LogP contribution in [0.25, 0.3) is 0 Å². The minimum atomic E-state index is -0.818. The van der Waals surface area contributed by atoms with E-state index in [1.165, 1.54) is 128 Å². The van der Waals surface area contributed by atoms with Gasteiger partial charge in [-0.2, -0.15) is 0 Å². The van der Waals surface area contributed by atoms with Crippen LogP contribution in [0.4, 0.5) is 0 Å². The average Bonchev–Trinajstić information content (AvgIpc) is 3.45. The Morgan fingerprint density at radius 2 is 0.519 bits per heavy atom. The zero-order chi connectivity index (χ0) is 57.1. The smallest absolute Gasteiger partial charge is 0.306 e.